The molecule has 0 aliphatic carbocycles. The number of hydrogen-bond donors (Lipinski definition) is 2. The molecule has 0 radical (unpaired) electrons. The second kappa shape index (κ2) is 9.29. The lowest BCUT2D eigenvalue weighted by molar-refractivity contribution is -0.137. The Bertz CT molecular complexity index is 897. The van der Waals surface area contributed by atoms with Gasteiger partial charge in [0.1, 0.15) is 0 Å². The van der Waals surface area contributed by atoms with Gasteiger partial charge < -0.3 is 10.0 Å². The van der Waals surface area contributed by atoms with E-state index >= 15 is 0 Å². The highest BCUT2D eigenvalue weighted by atomic mass is 32.2. The molecular formula is C19H22N2O5S. The summed E-state index contributed by atoms with van der Waals surface area (Å²) in [5.74, 6) is -1.40. The van der Waals surface area contributed by atoms with Crippen molar-refractivity contribution in [2.24, 2.45) is 0 Å². The van der Waals surface area contributed by atoms with E-state index in [2.05, 4.69) is 4.72 Å². The van der Waals surface area contributed by atoms with Crippen LogP contribution < -0.4 is 4.72 Å². The first-order chi connectivity index (χ1) is 12.8. The van der Waals surface area contributed by atoms with Crippen LogP contribution in [0, 0.1) is 0 Å². The zero-order valence-corrected chi connectivity index (χ0v) is 15.8. The second-order valence-corrected chi connectivity index (χ2v) is 7.63. The van der Waals surface area contributed by atoms with Crippen LogP contribution in [-0.4, -0.2) is 43.4 Å². The first-order valence-electron chi connectivity index (χ1n) is 8.48. The number of carboxylic acids is 1. The highest BCUT2D eigenvalue weighted by Crippen LogP contribution is 2.14. The van der Waals surface area contributed by atoms with Gasteiger partial charge in [0.05, 0.1) is 11.3 Å². The number of sulfonamides is 1. The predicted octanol–water partition coefficient (Wildman–Crippen LogP) is 2.10. The third kappa shape index (κ3) is 5.90. The van der Waals surface area contributed by atoms with Gasteiger partial charge in [0, 0.05) is 25.2 Å². The summed E-state index contributed by atoms with van der Waals surface area (Å²) < 4.78 is 27.6. The number of rotatable bonds is 9. The SMILES string of the molecule is CCN(CCC(=O)O)C(=O)c1cccc(S(=O)(=O)NCc2ccccc2)c1. The van der Waals surface area contributed by atoms with Crippen LogP contribution in [0.2, 0.25) is 0 Å². The summed E-state index contributed by atoms with van der Waals surface area (Å²) in [4.78, 5) is 24.6. The summed E-state index contributed by atoms with van der Waals surface area (Å²) in [6.45, 7) is 2.27. The van der Waals surface area contributed by atoms with Gasteiger partial charge in [-0.25, -0.2) is 13.1 Å². The van der Waals surface area contributed by atoms with E-state index in [1.54, 1.807) is 6.92 Å². The van der Waals surface area contributed by atoms with Crippen LogP contribution in [0.1, 0.15) is 29.3 Å². The Morgan fingerprint density at radius 1 is 1.07 bits per heavy atom. The summed E-state index contributed by atoms with van der Waals surface area (Å²) >= 11 is 0. The van der Waals surface area contributed by atoms with Crippen molar-refractivity contribution in [1.29, 1.82) is 0 Å². The maximum absolute atomic E-state index is 12.6. The number of amides is 1. The molecule has 0 heterocycles. The van der Waals surface area contributed by atoms with Crippen molar-refractivity contribution >= 4 is 21.9 Å². The molecule has 7 nitrogen and oxygen atoms in total. The largest absolute Gasteiger partial charge is 0.481 e. The molecule has 2 aromatic rings. The summed E-state index contributed by atoms with van der Waals surface area (Å²) in [5, 5.41) is 8.79. The lowest BCUT2D eigenvalue weighted by Crippen LogP contribution is -2.33. The van der Waals surface area contributed by atoms with Gasteiger partial charge in [-0.15, -0.1) is 0 Å². The predicted molar refractivity (Wildman–Crippen MR) is 101 cm³/mol. The van der Waals surface area contributed by atoms with E-state index < -0.39 is 21.9 Å². The Morgan fingerprint density at radius 3 is 2.41 bits per heavy atom. The van der Waals surface area contributed by atoms with Crippen LogP contribution in [0.4, 0.5) is 0 Å². The molecule has 0 spiro atoms. The van der Waals surface area contributed by atoms with Crippen molar-refractivity contribution in [2.45, 2.75) is 24.8 Å². The Hall–Kier alpha value is -2.71. The lowest BCUT2D eigenvalue weighted by atomic mass is 10.2. The fourth-order valence-electron chi connectivity index (χ4n) is 2.47. The Kier molecular flexibility index (Phi) is 7.09. The van der Waals surface area contributed by atoms with Crippen LogP contribution >= 0.6 is 0 Å². The molecule has 0 aliphatic rings. The second-order valence-electron chi connectivity index (χ2n) is 5.87. The summed E-state index contributed by atoms with van der Waals surface area (Å²) in [6, 6.07) is 14.8. The Morgan fingerprint density at radius 2 is 1.78 bits per heavy atom. The van der Waals surface area contributed by atoms with E-state index in [1.807, 2.05) is 30.3 Å². The van der Waals surface area contributed by atoms with E-state index in [9.17, 15) is 18.0 Å². The summed E-state index contributed by atoms with van der Waals surface area (Å²) in [5.41, 5.74) is 1.02. The zero-order valence-electron chi connectivity index (χ0n) is 15.0. The first-order valence-corrected chi connectivity index (χ1v) is 9.96. The molecule has 0 aliphatic heterocycles. The standard InChI is InChI=1S/C19H22N2O5S/c1-2-21(12-11-18(22)23)19(24)16-9-6-10-17(13-16)27(25,26)20-14-15-7-4-3-5-8-15/h3-10,13,20H,2,11-12,14H2,1H3,(H,22,23). The molecule has 144 valence electrons. The number of benzene rings is 2. The van der Waals surface area contributed by atoms with Gasteiger partial charge in [0.25, 0.3) is 5.91 Å². The van der Waals surface area contributed by atoms with E-state index in [0.29, 0.717) is 6.54 Å². The van der Waals surface area contributed by atoms with Crippen LogP contribution in [0.15, 0.2) is 59.5 Å². The molecule has 0 atom stereocenters. The molecule has 0 unspecified atom stereocenters. The van der Waals surface area contributed by atoms with E-state index in [1.165, 1.54) is 29.2 Å². The van der Waals surface area contributed by atoms with Gasteiger partial charge in [-0.05, 0) is 30.7 Å². The van der Waals surface area contributed by atoms with Crippen molar-refractivity contribution in [3.05, 3.63) is 65.7 Å². The van der Waals surface area contributed by atoms with Crippen molar-refractivity contribution in [1.82, 2.24) is 9.62 Å². The van der Waals surface area contributed by atoms with Crippen molar-refractivity contribution < 1.29 is 23.1 Å². The highest BCUT2D eigenvalue weighted by Gasteiger charge is 2.19. The summed E-state index contributed by atoms with van der Waals surface area (Å²) in [6.07, 6.45) is -0.170. The quantitative estimate of drug-likeness (QED) is 0.682. The van der Waals surface area contributed by atoms with Gasteiger partial charge in [-0.2, -0.15) is 0 Å². The number of hydrogen-bond acceptors (Lipinski definition) is 4. The number of carboxylic acid groups (broad SMARTS) is 1. The summed E-state index contributed by atoms with van der Waals surface area (Å²) in [7, 11) is -3.79. The minimum atomic E-state index is -3.79. The lowest BCUT2D eigenvalue weighted by Gasteiger charge is -2.20. The maximum atomic E-state index is 12.6. The molecule has 0 saturated carbocycles. The topological polar surface area (TPSA) is 104 Å². The van der Waals surface area contributed by atoms with E-state index in [-0.39, 0.29) is 30.0 Å². The molecule has 27 heavy (non-hydrogen) atoms. The minimum Gasteiger partial charge on any atom is -0.481 e. The minimum absolute atomic E-state index is 0.0152. The molecule has 0 fully saturated rings. The molecule has 2 rings (SSSR count). The highest BCUT2D eigenvalue weighted by molar-refractivity contribution is 7.89. The number of nitrogens with zero attached hydrogens (tertiary/aromatic N) is 1. The fraction of sp³-hybridized carbons (Fsp3) is 0.263. The Labute approximate surface area is 158 Å². The normalized spacial score (nSPS) is 11.1. The average Bonchev–Trinajstić information content (AvgIpc) is 2.67. The van der Waals surface area contributed by atoms with Crippen molar-refractivity contribution in [3.63, 3.8) is 0 Å². The fourth-order valence-corrected chi connectivity index (χ4v) is 3.53. The molecule has 2 N–H and O–H groups in total. The molecular weight excluding hydrogens is 368 g/mol. The van der Waals surface area contributed by atoms with Crippen LogP contribution in [0.3, 0.4) is 0 Å². The number of carbonyl (C=O) groups excluding carboxylic acids is 1. The van der Waals surface area contributed by atoms with E-state index in [0.717, 1.165) is 5.56 Å². The first kappa shape index (κ1) is 20.6. The molecule has 0 aromatic heterocycles. The maximum Gasteiger partial charge on any atom is 0.305 e. The van der Waals surface area contributed by atoms with Crippen LogP contribution in [0.25, 0.3) is 0 Å². The van der Waals surface area contributed by atoms with E-state index in [4.69, 9.17) is 5.11 Å². The average molecular weight is 390 g/mol. The molecule has 0 saturated heterocycles. The van der Waals surface area contributed by atoms with Gasteiger partial charge >= 0.3 is 5.97 Å². The number of aliphatic carboxylic acids is 1. The third-order valence-corrected chi connectivity index (χ3v) is 5.36. The van der Waals surface area contributed by atoms with Gasteiger partial charge in [-0.3, -0.25) is 9.59 Å². The number of nitrogens with one attached hydrogen (secondary N) is 1. The molecule has 1 amide bonds. The van der Waals surface area contributed by atoms with Gasteiger partial charge in [0.2, 0.25) is 10.0 Å². The van der Waals surface area contributed by atoms with Gasteiger partial charge in [-0.1, -0.05) is 36.4 Å². The van der Waals surface area contributed by atoms with Crippen molar-refractivity contribution in [3.8, 4) is 0 Å². The van der Waals surface area contributed by atoms with Crippen LogP contribution in [0.5, 0.6) is 0 Å². The van der Waals surface area contributed by atoms with Crippen LogP contribution in [-0.2, 0) is 21.4 Å². The van der Waals surface area contributed by atoms with Gasteiger partial charge in [0.15, 0.2) is 0 Å². The smallest absolute Gasteiger partial charge is 0.305 e. The monoisotopic (exact) mass is 390 g/mol. The zero-order chi connectivity index (χ0) is 19.9. The van der Waals surface area contributed by atoms with Crippen molar-refractivity contribution in [2.75, 3.05) is 13.1 Å². The Balaban J connectivity index is 2.15. The molecule has 8 heteroatoms. The third-order valence-electron chi connectivity index (χ3n) is 3.96. The number of carbonyl (C=O) groups is 2. The molecule has 0 bridgehead atoms. The molecule has 2 aromatic carbocycles.